The van der Waals surface area contributed by atoms with E-state index in [1.54, 1.807) is 0 Å². The maximum Gasteiger partial charge on any atom is 0.524 e. The molecule has 1 saturated heterocycles. The van der Waals surface area contributed by atoms with Crippen LogP contribution in [0, 0.1) is 6.42 Å². The van der Waals surface area contributed by atoms with Crippen molar-refractivity contribution >= 4 is 11.9 Å². The number of nitrogens with one attached hydrogen (secondary N) is 1. The first-order chi connectivity index (χ1) is 4.58. The fourth-order valence-electron chi connectivity index (χ4n) is 0.530. The summed E-state index contributed by atoms with van der Waals surface area (Å²) in [4.78, 5) is 0. The second-order valence-electron chi connectivity index (χ2n) is 1.65. The molecule has 1 aliphatic heterocycles. The third-order valence-electron chi connectivity index (χ3n) is 0.854. The van der Waals surface area contributed by atoms with E-state index in [1.165, 1.54) is 18.4 Å². The number of rotatable bonds is 1. The van der Waals surface area contributed by atoms with Gasteiger partial charge in [-0.3, -0.25) is 4.74 Å². The highest BCUT2D eigenvalue weighted by molar-refractivity contribution is 7.97. The van der Waals surface area contributed by atoms with Gasteiger partial charge in [0, 0.05) is 12.2 Å². The van der Waals surface area contributed by atoms with Crippen molar-refractivity contribution in [3.8, 4) is 0 Å². The van der Waals surface area contributed by atoms with Gasteiger partial charge in [-0.25, -0.2) is 4.72 Å². The van der Waals surface area contributed by atoms with Crippen LogP contribution in [0.3, 0.4) is 0 Å². The molecule has 0 aromatic heterocycles. The van der Waals surface area contributed by atoms with Crippen LogP contribution in [-0.2, 0) is 4.74 Å². The van der Waals surface area contributed by atoms with Gasteiger partial charge < -0.3 is 0 Å². The first-order valence-electron chi connectivity index (χ1n) is 2.53. The molecule has 0 aliphatic carbocycles. The lowest BCUT2D eigenvalue weighted by Crippen LogP contribution is -2.29. The van der Waals surface area contributed by atoms with E-state index in [1.807, 2.05) is 0 Å². The molecule has 0 saturated carbocycles. The molecule has 1 radical (unpaired) electrons. The van der Waals surface area contributed by atoms with Gasteiger partial charge in [-0.15, -0.1) is 13.2 Å². The maximum absolute atomic E-state index is 11.4. The van der Waals surface area contributed by atoms with Crippen LogP contribution >= 0.6 is 11.9 Å². The average molecular weight is 172 g/mol. The van der Waals surface area contributed by atoms with Crippen LogP contribution in [0.4, 0.5) is 13.2 Å². The van der Waals surface area contributed by atoms with Crippen LogP contribution in [0.5, 0.6) is 0 Å². The minimum atomic E-state index is -4.54. The normalized spacial score (nSPS) is 27.3. The summed E-state index contributed by atoms with van der Waals surface area (Å²) < 4.78 is 40.3. The predicted octanol–water partition coefficient (Wildman–Crippen LogP) is 1.30. The molecule has 1 unspecified atom stereocenters. The number of halogens is 3. The van der Waals surface area contributed by atoms with E-state index in [9.17, 15) is 13.2 Å². The van der Waals surface area contributed by atoms with Crippen molar-refractivity contribution in [1.82, 2.24) is 4.72 Å². The highest BCUT2D eigenvalue weighted by Crippen LogP contribution is 2.23. The van der Waals surface area contributed by atoms with Gasteiger partial charge in [0.1, 0.15) is 6.23 Å². The fraction of sp³-hybridized carbons (Fsp3) is 0.750. The molecule has 1 N–H and O–H groups in total. The molecule has 2 nitrogen and oxygen atoms in total. The number of hydrogen-bond donors (Lipinski definition) is 1. The largest absolute Gasteiger partial charge is 0.524 e. The molecular formula is C4H5F3NOS. The van der Waals surface area contributed by atoms with Gasteiger partial charge in [-0.1, -0.05) is 11.9 Å². The van der Waals surface area contributed by atoms with Gasteiger partial charge in [-0.2, -0.15) is 0 Å². The summed E-state index contributed by atoms with van der Waals surface area (Å²) in [5.41, 5.74) is 0. The monoisotopic (exact) mass is 172 g/mol. The summed E-state index contributed by atoms with van der Waals surface area (Å²) in [6.07, 6.45) is -4.11. The molecule has 10 heavy (non-hydrogen) atoms. The first kappa shape index (κ1) is 8.16. The van der Waals surface area contributed by atoms with Crippen LogP contribution < -0.4 is 4.72 Å². The highest BCUT2D eigenvalue weighted by Gasteiger charge is 2.34. The molecule has 0 aromatic carbocycles. The van der Waals surface area contributed by atoms with E-state index >= 15 is 0 Å². The third kappa shape index (κ3) is 2.76. The summed E-state index contributed by atoms with van der Waals surface area (Å²) in [5.74, 6) is 0.542. The minimum Gasteiger partial charge on any atom is -0.272 e. The second kappa shape index (κ2) is 2.98. The summed E-state index contributed by atoms with van der Waals surface area (Å²) >= 11 is 1.19. The highest BCUT2D eigenvalue weighted by atomic mass is 32.2. The van der Waals surface area contributed by atoms with Gasteiger partial charge in [0.15, 0.2) is 0 Å². The smallest absolute Gasteiger partial charge is 0.272 e. The lowest BCUT2D eigenvalue weighted by atomic mass is 10.4. The molecule has 1 rings (SSSR count). The van der Waals surface area contributed by atoms with Crippen LogP contribution in [-0.4, -0.2) is 18.3 Å². The molecule has 59 valence electrons. The Bertz CT molecular complexity index is 112. The second-order valence-corrected chi connectivity index (χ2v) is 2.51. The Kier molecular flexibility index (Phi) is 2.43. The molecule has 6 heteroatoms. The Balaban J connectivity index is 2.24. The number of alkyl halides is 3. The van der Waals surface area contributed by atoms with E-state index in [4.69, 9.17) is 0 Å². The third-order valence-corrected chi connectivity index (χ3v) is 1.61. The van der Waals surface area contributed by atoms with Gasteiger partial charge in [0.2, 0.25) is 0 Å². The van der Waals surface area contributed by atoms with E-state index in [2.05, 4.69) is 9.46 Å². The number of ether oxygens (including phenoxy) is 1. The fourth-order valence-corrected chi connectivity index (χ4v) is 1.21. The lowest BCUT2D eigenvalue weighted by molar-refractivity contribution is -0.338. The molecule has 1 atom stereocenters. The quantitative estimate of drug-likeness (QED) is 0.602. The zero-order chi connectivity index (χ0) is 7.61. The maximum atomic E-state index is 11.4. The van der Waals surface area contributed by atoms with Crippen LogP contribution in [0.15, 0.2) is 0 Å². The van der Waals surface area contributed by atoms with Gasteiger partial charge in [-0.05, 0) is 0 Å². The van der Waals surface area contributed by atoms with Crippen molar-refractivity contribution in [2.45, 2.75) is 12.6 Å². The van der Waals surface area contributed by atoms with Crippen molar-refractivity contribution in [2.75, 3.05) is 5.75 Å². The Morgan fingerprint density at radius 2 is 2.30 bits per heavy atom. The standard InChI is InChI=1S/C4H5F3NOS/c5-4(6,7)9-3-1-2-10-8-3/h1,3,8H,2H2. The van der Waals surface area contributed by atoms with Crippen LogP contribution in [0.1, 0.15) is 0 Å². The Labute approximate surface area is 60.2 Å². The van der Waals surface area contributed by atoms with Gasteiger partial charge in [0.05, 0.1) is 0 Å². The molecule has 1 aliphatic rings. The summed E-state index contributed by atoms with van der Waals surface area (Å²) in [6.45, 7) is 0. The molecule has 0 amide bonds. The summed E-state index contributed by atoms with van der Waals surface area (Å²) in [5, 5.41) is 0. The van der Waals surface area contributed by atoms with E-state index in [0.717, 1.165) is 0 Å². The van der Waals surface area contributed by atoms with Gasteiger partial charge in [0.25, 0.3) is 0 Å². The van der Waals surface area contributed by atoms with Crippen LogP contribution in [0.25, 0.3) is 0 Å². The molecule has 1 heterocycles. The van der Waals surface area contributed by atoms with E-state index in [-0.39, 0.29) is 0 Å². The topological polar surface area (TPSA) is 21.3 Å². The Hall–Kier alpha value is 0.0600. The van der Waals surface area contributed by atoms with Crippen molar-refractivity contribution in [3.63, 3.8) is 0 Å². The summed E-state index contributed by atoms with van der Waals surface area (Å²) in [6, 6.07) is 0. The SMILES string of the molecule is FC(F)(F)OC1[CH]CSN1. The van der Waals surface area contributed by atoms with Crippen molar-refractivity contribution in [1.29, 1.82) is 0 Å². The van der Waals surface area contributed by atoms with E-state index in [0.29, 0.717) is 5.75 Å². The number of hydrogen-bond acceptors (Lipinski definition) is 3. The molecule has 1 fully saturated rings. The van der Waals surface area contributed by atoms with Crippen molar-refractivity contribution in [2.24, 2.45) is 0 Å². The predicted molar refractivity (Wildman–Crippen MR) is 30.8 cm³/mol. The molecule has 0 spiro atoms. The van der Waals surface area contributed by atoms with Crippen LogP contribution in [0.2, 0.25) is 0 Å². The zero-order valence-corrected chi connectivity index (χ0v) is 5.63. The Morgan fingerprint density at radius 3 is 2.70 bits per heavy atom. The molecule has 0 aromatic rings. The average Bonchev–Trinajstić information content (AvgIpc) is 2.12. The molecular weight excluding hydrogens is 167 g/mol. The summed E-state index contributed by atoms with van der Waals surface area (Å²) in [7, 11) is 0. The molecule has 0 bridgehead atoms. The van der Waals surface area contributed by atoms with E-state index < -0.39 is 12.6 Å². The van der Waals surface area contributed by atoms with Gasteiger partial charge >= 0.3 is 6.36 Å². The Morgan fingerprint density at radius 1 is 1.60 bits per heavy atom. The first-order valence-corrected chi connectivity index (χ1v) is 3.52. The lowest BCUT2D eigenvalue weighted by Gasteiger charge is -2.12. The van der Waals surface area contributed by atoms with Crippen molar-refractivity contribution in [3.05, 3.63) is 6.42 Å². The minimum absolute atomic E-state index is 0.542. The zero-order valence-electron chi connectivity index (χ0n) is 4.81. The van der Waals surface area contributed by atoms with Crippen molar-refractivity contribution < 1.29 is 17.9 Å².